The molecule has 3 rings (SSSR count). The highest BCUT2D eigenvalue weighted by molar-refractivity contribution is 6.33. The molecule has 29 heavy (non-hydrogen) atoms. The summed E-state index contributed by atoms with van der Waals surface area (Å²) in [7, 11) is 0. The highest BCUT2D eigenvalue weighted by Crippen LogP contribution is 2.26. The van der Waals surface area contributed by atoms with Crippen LogP contribution < -0.4 is 10.2 Å². The zero-order chi connectivity index (χ0) is 21.0. The summed E-state index contributed by atoms with van der Waals surface area (Å²) in [5.74, 6) is -2.57. The van der Waals surface area contributed by atoms with Crippen molar-refractivity contribution < 1.29 is 23.5 Å². The SMILES string of the molecule is CCc1ccc(N2C[C@H](C(=O)OCC(=O)Nc3ccc(F)cc3Cl)CC2=O)cc1. The molecule has 6 nitrogen and oxygen atoms in total. The van der Waals surface area contributed by atoms with Gasteiger partial charge in [0.2, 0.25) is 5.91 Å². The van der Waals surface area contributed by atoms with Gasteiger partial charge in [0.05, 0.1) is 16.6 Å². The molecule has 1 saturated heterocycles. The van der Waals surface area contributed by atoms with E-state index in [1.807, 2.05) is 31.2 Å². The Morgan fingerprint density at radius 3 is 2.62 bits per heavy atom. The molecular formula is C21H20ClFN2O4. The van der Waals surface area contributed by atoms with Crippen LogP contribution >= 0.6 is 11.6 Å². The van der Waals surface area contributed by atoms with E-state index in [-0.39, 0.29) is 29.6 Å². The second kappa shape index (κ2) is 9.05. The van der Waals surface area contributed by atoms with E-state index in [1.165, 1.54) is 6.07 Å². The molecule has 0 bridgehead atoms. The van der Waals surface area contributed by atoms with Gasteiger partial charge in [-0.3, -0.25) is 14.4 Å². The standard InChI is InChI=1S/C21H20ClFN2O4/c1-2-13-3-6-16(7-4-13)25-11-14(9-20(25)27)21(28)29-12-19(26)24-18-8-5-15(23)10-17(18)22/h3-8,10,14H,2,9,11-12H2,1H3,(H,24,26)/t14-/m1/s1. The highest BCUT2D eigenvalue weighted by Gasteiger charge is 2.36. The number of ether oxygens (including phenoxy) is 1. The van der Waals surface area contributed by atoms with Gasteiger partial charge >= 0.3 is 5.97 Å². The first kappa shape index (κ1) is 20.8. The lowest BCUT2D eigenvalue weighted by Crippen LogP contribution is -2.28. The maximum atomic E-state index is 13.0. The third-order valence-corrected chi connectivity index (χ3v) is 4.98. The van der Waals surface area contributed by atoms with Crippen molar-refractivity contribution in [1.29, 1.82) is 0 Å². The van der Waals surface area contributed by atoms with Crippen molar-refractivity contribution in [2.24, 2.45) is 5.92 Å². The number of rotatable bonds is 6. The second-order valence-electron chi connectivity index (χ2n) is 6.71. The average Bonchev–Trinajstić information content (AvgIpc) is 3.10. The van der Waals surface area contributed by atoms with Crippen molar-refractivity contribution in [2.45, 2.75) is 19.8 Å². The Kier molecular flexibility index (Phi) is 6.49. The minimum absolute atomic E-state index is 0.0276. The van der Waals surface area contributed by atoms with Crippen molar-refractivity contribution in [3.05, 3.63) is 58.9 Å². The van der Waals surface area contributed by atoms with Gasteiger partial charge in [-0.25, -0.2) is 4.39 Å². The van der Waals surface area contributed by atoms with Crippen LogP contribution in [0.25, 0.3) is 0 Å². The van der Waals surface area contributed by atoms with Gasteiger partial charge < -0.3 is 15.0 Å². The predicted molar refractivity (Wildman–Crippen MR) is 107 cm³/mol. The Hall–Kier alpha value is -2.93. The maximum Gasteiger partial charge on any atom is 0.311 e. The Balaban J connectivity index is 1.52. The summed E-state index contributed by atoms with van der Waals surface area (Å²) in [5.41, 5.74) is 2.10. The quantitative estimate of drug-likeness (QED) is 0.727. The van der Waals surface area contributed by atoms with Gasteiger partial charge in [0, 0.05) is 18.7 Å². The largest absolute Gasteiger partial charge is 0.455 e. The van der Waals surface area contributed by atoms with Crippen molar-refractivity contribution in [1.82, 2.24) is 0 Å². The number of anilines is 2. The summed E-state index contributed by atoms with van der Waals surface area (Å²) < 4.78 is 18.1. The molecule has 0 spiro atoms. The summed E-state index contributed by atoms with van der Waals surface area (Å²) in [4.78, 5) is 38.1. The molecule has 2 aromatic rings. The van der Waals surface area contributed by atoms with Crippen molar-refractivity contribution >= 4 is 40.8 Å². The number of hydrogen-bond acceptors (Lipinski definition) is 4. The fourth-order valence-electron chi connectivity index (χ4n) is 3.06. The summed E-state index contributed by atoms with van der Waals surface area (Å²) in [6.45, 7) is 1.72. The maximum absolute atomic E-state index is 13.0. The Bertz CT molecular complexity index is 933. The van der Waals surface area contributed by atoms with Crippen LogP contribution in [0.2, 0.25) is 5.02 Å². The first-order valence-corrected chi connectivity index (χ1v) is 9.56. The van der Waals surface area contributed by atoms with Crippen LogP contribution in [0.15, 0.2) is 42.5 Å². The van der Waals surface area contributed by atoms with E-state index < -0.39 is 30.2 Å². The van der Waals surface area contributed by atoms with Crippen LogP contribution in [0.5, 0.6) is 0 Å². The van der Waals surface area contributed by atoms with Gasteiger partial charge in [-0.05, 0) is 42.3 Å². The summed E-state index contributed by atoms with van der Waals surface area (Å²) in [5, 5.41) is 2.48. The molecule has 152 valence electrons. The lowest BCUT2D eigenvalue weighted by atomic mass is 10.1. The van der Waals surface area contributed by atoms with E-state index in [4.69, 9.17) is 16.3 Å². The number of benzene rings is 2. The molecule has 1 N–H and O–H groups in total. The number of nitrogens with zero attached hydrogens (tertiary/aromatic N) is 1. The molecule has 0 saturated carbocycles. The lowest BCUT2D eigenvalue weighted by Gasteiger charge is -2.17. The third-order valence-electron chi connectivity index (χ3n) is 4.67. The van der Waals surface area contributed by atoms with Gasteiger partial charge in [-0.2, -0.15) is 0 Å². The molecule has 8 heteroatoms. The number of carbonyl (C=O) groups is 3. The average molecular weight is 419 g/mol. The topological polar surface area (TPSA) is 75.7 Å². The Labute approximate surface area is 172 Å². The van der Waals surface area contributed by atoms with E-state index in [0.717, 1.165) is 29.8 Å². The Morgan fingerprint density at radius 2 is 1.97 bits per heavy atom. The zero-order valence-corrected chi connectivity index (χ0v) is 16.5. The van der Waals surface area contributed by atoms with E-state index in [2.05, 4.69) is 5.32 Å². The fraction of sp³-hybridized carbons (Fsp3) is 0.286. The van der Waals surface area contributed by atoms with Crippen LogP contribution in [0, 0.1) is 11.7 Å². The molecular weight excluding hydrogens is 399 g/mol. The summed E-state index contributed by atoms with van der Waals surface area (Å²) in [6.07, 6.45) is 0.925. The fourth-order valence-corrected chi connectivity index (χ4v) is 3.27. The van der Waals surface area contributed by atoms with Crippen LogP contribution in [0.1, 0.15) is 18.9 Å². The van der Waals surface area contributed by atoms with Crippen LogP contribution in [-0.4, -0.2) is 30.9 Å². The minimum Gasteiger partial charge on any atom is -0.455 e. The number of amides is 2. The zero-order valence-electron chi connectivity index (χ0n) is 15.8. The molecule has 0 aliphatic carbocycles. The van der Waals surface area contributed by atoms with Crippen LogP contribution in [0.3, 0.4) is 0 Å². The first-order chi connectivity index (χ1) is 13.9. The molecule has 1 aliphatic heterocycles. The molecule has 1 fully saturated rings. The highest BCUT2D eigenvalue weighted by atomic mass is 35.5. The summed E-state index contributed by atoms with van der Waals surface area (Å²) in [6, 6.07) is 11.1. The predicted octanol–water partition coefficient (Wildman–Crippen LogP) is 3.58. The molecule has 0 radical (unpaired) electrons. The number of nitrogens with one attached hydrogen (secondary N) is 1. The number of halogens is 2. The molecule has 2 amide bonds. The second-order valence-corrected chi connectivity index (χ2v) is 7.11. The smallest absolute Gasteiger partial charge is 0.311 e. The lowest BCUT2D eigenvalue weighted by molar-refractivity contribution is -0.151. The number of carbonyl (C=O) groups excluding carboxylic acids is 3. The first-order valence-electron chi connectivity index (χ1n) is 9.18. The van der Waals surface area contributed by atoms with Crippen LogP contribution in [-0.2, 0) is 25.5 Å². The molecule has 1 heterocycles. The van der Waals surface area contributed by atoms with Gasteiger partial charge in [0.25, 0.3) is 5.91 Å². The van der Waals surface area contributed by atoms with E-state index in [1.54, 1.807) is 4.90 Å². The van der Waals surface area contributed by atoms with E-state index in [9.17, 15) is 18.8 Å². The van der Waals surface area contributed by atoms with Crippen LogP contribution in [0.4, 0.5) is 15.8 Å². The summed E-state index contributed by atoms with van der Waals surface area (Å²) >= 11 is 5.84. The van der Waals surface area contributed by atoms with Gasteiger partial charge in [-0.15, -0.1) is 0 Å². The van der Waals surface area contributed by atoms with E-state index in [0.29, 0.717) is 0 Å². The number of aryl methyl sites for hydroxylation is 1. The minimum atomic E-state index is -0.643. The van der Waals surface area contributed by atoms with Crippen molar-refractivity contribution in [2.75, 3.05) is 23.4 Å². The van der Waals surface area contributed by atoms with Gasteiger partial charge in [-0.1, -0.05) is 30.7 Å². The molecule has 2 aromatic carbocycles. The van der Waals surface area contributed by atoms with Crippen molar-refractivity contribution in [3.63, 3.8) is 0 Å². The molecule has 1 aliphatic rings. The number of esters is 1. The number of hydrogen-bond donors (Lipinski definition) is 1. The molecule has 0 unspecified atom stereocenters. The molecule has 1 atom stereocenters. The third kappa shape index (κ3) is 5.12. The normalized spacial score (nSPS) is 16.0. The molecule has 0 aromatic heterocycles. The van der Waals surface area contributed by atoms with Gasteiger partial charge in [0.15, 0.2) is 6.61 Å². The monoisotopic (exact) mass is 418 g/mol. The van der Waals surface area contributed by atoms with Gasteiger partial charge in [0.1, 0.15) is 5.82 Å². The van der Waals surface area contributed by atoms with E-state index >= 15 is 0 Å². The van der Waals surface area contributed by atoms with Crippen molar-refractivity contribution in [3.8, 4) is 0 Å². The Morgan fingerprint density at radius 1 is 1.24 bits per heavy atom.